The molecule has 2 aromatic rings. The summed E-state index contributed by atoms with van der Waals surface area (Å²) in [5.74, 6) is 0.199. The number of benzene rings is 2. The van der Waals surface area contributed by atoms with E-state index in [4.69, 9.17) is 4.74 Å². The zero-order valence-corrected chi connectivity index (χ0v) is 18.6. The predicted octanol–water partition coefficient (Wildman–Crippen LogP) is 4.46. The van der Waals surface area contributed by atoms with Crippen molar-refractivity contribution < 1.29 is 14.5 Å². The normalized spacial score (nSPS) is 14.3. The zero-order chi connectivity index (χ0) is 22.9. The summed E-state index contributed by atoms with van der Waals surface area (Å²) in [7, 11) is 2.00. The molecule has 8 nitrogen and oxygen atoms in total. The number of hydrogen-bond donors (Lipinski definition) is 1. The monoisotopic (exact) mass is 438 g/mol. The van der Waals surface area contributed by atoms with Crippen LogP contribution in [0.25, 0.3) is 0 Å². The van der Waals surface area contributed by atoms with Gasteiger partial charge >= 0.3 is 0 Å². The molecule has 8 heteroatoms. The third-order valence-corrected chi connectivity index (χ3v) is 5.82. The molecule has 0 aromatic heterocycles. The summed E-state index contributed by atoms with van der Waals surface area (Å²) in [5.41, 5.74) is 5.05. The molecular weight excluding hydrogens is 408 g/mol. The Labute approximate surface area is 188 Å². The molecule has 1 saturated carbocycles. The molecule has 1 aliphatic carbocycles. The van der Waals surface area contributed by atoms with Crippen LogP contribution in [0.4, 0.5) is 11.4 Å². The average Bonchev–Trinajstić information content (AvgIpc) is 2.83. The second-order valence-corrected chi connectivity index (χ2v) is 7.98. The van der Waals surface area contributed by atoms with E-state index in [1.807, 2.05) is 31.3 Å². The van der Waals surface area contributed by atoms with Gasteiger partial charge in [-0.1, -0.05) is 38.3 Å². The molecule has 1 amide bonds. The number of anilines is 1. The van der Waals surface area contributed by atoms with Crippen molar-refractivity contribution >= 4 is 23.5 Å². The fraction of sp³-hybridized carbons (Fsp3) is 0.417. The van der Waals surface area contributed by atoms with Crippen LogP contribution in [-0.4, -0.2) is 36.7 Å². The Morgan fingerprint density at radius 3 is 2.59 bits per heavy atom. The number of hydrazone groups is 1. The van der Waals surface area contributed by atoms with Crippen molar-refractivity contribution in [2.45, 2.75) is 51.5 Å². The van der Waals surface area contributed by atoms with E-state index >= 15 is 0 Å². The molecule has 0 spiro atoms. The van der Waals surface area contributed by atoms with E-state index < -0.39 is 10.8 Å². The standard InChI is InChI=1S/C24H30N4O4/c1-3-18-9-12-22(13-10-18)32-17-24(29)26-25-16-19-15-21(28(30)31)11-14-23(19)27(2)20-7-5-4-6-8-20/h9-16,20H,3-8,17H2,1-2H3,(H,26,29)/b25-16+. The molecule has 0 bridgehead atoms. The maximum atomic E-state index is 12.1. The van der Waals surface area contributed by atoms with Gasteiger partial charge in [-0.2, -0.15) is 5.10 Å². The van der Waals surface area contributed by atoms with E-state index in [0.717, 1.165) is 24.9 Å². The molecular formula is C24H30N4O4. The minimum absolute atomic E-state index is 0.0163. The van der Waals surface area contributed by atoms with Gasteiger partial charge in [0, 0.05) is 36.5 Å². The smallest absolute Gasteiger partial charge is 0.277 e. The number of amides is 1. The summed E-state index contributed by atoms with van der Waals surface area (Å²) in [6.07, 6.45) is 8.19. The Hall–Kier alpha value is -3.42. The van der Waals surface area contributed by atoms with Crippen molar-refractivity contribution in [2.24, 2.45) is 5.10 Å². The lowest BCUT2D eigenvalue weighted by molar-refractivity contribution is -0.384. The molecule has 0 saturated heterocycles. The average molecular weight is 439 g/mol. The number of rotatable bonds is 9. The largest absolute Gasteiger partial charge is 0.484 e. The summed E-state index contributed by atoms with van der Waals surface area (Å²) in [4.78, 5) is 25.1. The molecule has 3 rings (SSSR count). The van der Waals surface area contributed by atoms with Crippen LogP contribution in [0, 0.1) is 10.1 Å². The van der Waals surface area contributed by atoms with E-state index in [2.05, 4.69) is 22.4 Å². The van der Waals surface area contributed by atoms with Crippen LogP contribution in [0.1, 0.15) is 50.2 Å². The third kappa shape index (κ3) is 6.29. The summed E-state index contributed by atoms with van der Waals surface area (Å²) in [5, 5.41) is 15.3. The number of non-ortho nitro benzene ring substituents is 1. The zero-order valence-electron chi connectivity index (χ0n) is 18.6. The van der Waals surface area contributed by atoms with Crippen molar-refractivity contribution in [1.82, 2.24) is 5.43 Å². The Bertz CT molecular complexity index is 953. The van der Waals surface area contributed by atoms with E-state index in [9.17, 15) is 14.9 Å². The summed E-state index contributed by atoms with van der Waals surface area (Å²) in [6, 6.07) is 12.7. The summed E-state index contributed by atoms with van der Waals surface area (Å²) in [6.45, 7) is 1.90. The first-order valence-corrected chi connectivity index (χ1v) is 11.0. The van der Waals surface area contributed by atoms with Gasteiger partial charge in [0.1, 0.15) is 5.75 Å². The minimum Gasteiger partial charge on any atom is -0.484 e. The van der Waals surface area contributed by atoms with Crippen LogP contribution in [0.3, 0.4) is 0 Å². The number of nitro groups is 1. The Kier molecular flexibility index (Phi) is 8.19. The number of hydrogen-bond acceptors (Lipinski definition) is 6. The van der Waals surface area contributed by atoms with Gasteiger partial charge < -0.3 is 9.64 Å². The van der Waals surface area contributed by atoms with Crippen molar-refractivity contribution in [1.29, 1.82) is 0 Å². The van der Waals surface area contributed by atoms with Gasteiger partial charge in [-0.15, -0.1) is 0 Å². The van der Waals surface area contributed by atoms with Crippen molar-refractivity contribution in [2.75, 3.05) is 18.6 Å². The van der Waals surface area contributed by atoms with Gasteiger partial charge in [0.05, 0.1) is 11.1 Å². The predicted molar refractivity (Wildman–Crippen MR) is 125 cm³/mol. The first-order chi connectivity index (χ1) is 15.5. The highest BCUT2D eigenvalue weighted by atomic mass is 16.6. The molecule has 1 N–H and O–H groups in total. The number of nitrogens with one attached hydrogen (secondary N) is 1. The highest BCUT2D eigenvalue weighted by molar-refractivity contribution is 5.90. The number of carbonyl (C=O) groups is 1. The molecule has 32 heavy (non-hydrogen) atoms. The van der Waals surface area contributed by atoms with E-state index in [1.54, 1.807) is 6.07 Å². The molecule has 2 aromatic carbocycles. The van der Waals surface area contributed by atoms with Crippen LogP contribution in [0.15, 0.2) is 47.6 Å². The van der Waals surface area contributed by atoms with Crippen molar-refractivity contribution in [3.05, 3.63) is 63.7 Å². The summed E-state index contributed by atoms with van der Waals surface area (Å²) < 4.78 is 5.48. The molecule has 1 fully saturated rings. The van der Waals surface area contributed by atoms with E-state index in [0.29, 0.717) is 17.4 Å². The second kappa shape index (κ2) is 11.3. The molecule has 0 aliphatic heterocycles. The topological polar surface area (TPSA) is 97.1 Å². The first-order valence-electron chi connectivity index (χ1n) is 11.0. The van der Waals surface area contributed by atoms with Gasteiger partial charge in [0.2, 0.25) is 0 Å². The Morgan fingerprint density at radius 1 is 1.22 bits per heavy atom. The minimum atomic E-state index is -0.433. The fourth-order valence-corrected chi connectivity index (χ4v) is 3.92. The van der Waals surface area contributed by atoms with Crippen LogP contribution < -0.4 is 15.1 Å². The lowest BCUT2D eigenvalue weighted by atomic mass is 9.94. The molecule has 1 aliphatic rings. The molecule has 0 radical (unpaired) electrons. The van der Waals surface area contributed by atoms with Crippen LogP contribution in [0.5, 0.6) is 5.75 Å². The third-order valence-electron chi connectivity index (χ3n) is 5.82. The van der Waals surface area contributed by atoms with Gasteiger partial charge in [0.15, 0.2) is 6.61 Å². The maximum Gasteiger partial charge on any atom is 0.277 e. The van der Waals surface area contributed by atoms with Gasteiger partial charge in [-0.05, 0) is 43.0 Å². The molecule has 170 valence electrons. The van der Waals surface area contributed by atoms with E-state index in [-0.39, 0.29) is 12.3 Å². The number of ether oxygens (including phenoxy) is 1. The van der Waals surface area contributed by atoms with Crippen molar-refractivity contribution in [3.8, 4) is 5.75 Å². The Balaban J connectivity index is 1.64. The lowest BCUT2D eigenvalue weighted by Gasteiger charge is -2.33. The van der Waals surface area contributed by atoms with Crippen molar-refractivity contribution in [3.63, 3.8) is 0 Å². The number of nitro benzene ring substituents is 1. The number of aryl methyl sites for hydroxylation is 1. The van der Waals surface area contributed by atoms with Crippen LogP contribution in [-0.2, 0) is 11.2 Å². The quantitative estimate of drug-likeness (QED) is 0.354. The highest BCUT2D eigenvalue weighted by Gasteiger charge is 2.21. The fourth-order valence-electron chi connectivity index (χ4n) is 3.92. The van der Waals surface area contributed by atoms with Crippen LogP contribution >= 0.6 is 0 Å². The van der Waals surface area contributed by atoms with Gasteiger partial charge in [-0.25, -0.2) is 5.43 Å². The number of nitrogens with zero attached hydrogens (tertiary/aromatic N) is 3. The SMILES string of the molecule is CCc1ccc(OCC(=O)N/N=C/c2cc([N+](=O)[O-])ccc2N(C)C2CCCCC2)cc1. The van der Waals surface area contributed by atoms with Crippen LogP contribution in [0.2, 0.25) is 0 Å². The molecule has 0 heterocycles. The van der Waals surface area contributed by atoms with E-state index in [1.165, 1.54) is 43.2 Å². The Morgan fingerprint density at radius 2 is 1.94 bits per heavy atom. The lowest BCUT2D eigenvalue weighted by Crippen LogP contribution is -2.34. The maximum absolute atomic E-state index is 12.1. The number of carbonyl (C=O) groups excluding carboxylic acids is 1. The second-order valence-electron chi connectivity index (χ2n) is 7.98. The molecule has 0 atom stereocenters. The first kappa shape index (κ1) is 23.2. The highest BCUT2D eigenvalue weighted by Crippen LogP contribution is 2.30. The van der Waals surface area contributed by atoms with Gasteiger partial charge in [0.25, 0.3) is 11.6 Å². The molecule has 0 unspecified atom stereocenters. The summed E-state index contributed by atoms with van der Waals surface area (Å²) >= 11 is 0. The van der Waals surface area contributed by atoms with Gasteiger partial charge in [-0.3, -0.25) is 14.9 Å².